The minimum absolute atomic E-state index is 0.0798. The third kappa shape index (κ3) is 27.6. The Kier molecular flexibility index (Phi) is 30.9. The first kappa shape index (κ1) is 44.5. The second kappa shape index (κ2) is 32.0. The third-order valence-electron chi connectivity index (χ3n) is 8.17. The van der Waals surface area contributed by atoms with Crippen molar-refractivity contribution in [1.82, 2.24) is 0 Å². The van der Waals surface area contributed by atoms with Crippen molar-refractivity contribution in [3.05, 3.63) is 35.9 Å². The zero-order valence-electron chi connectivity index (χ0n) is 29.5. The second-order valence-electron chi connectivity index (χ2n) is 12.9. The summed E-state index contributed by atoms with van der Waals surface area (Å²) in [5.41, 5.74) is 1.17. The van der Waals surface area contributed by atoms with Gasteiger partial charge in [-0.1, -0.05) is 134 Å². The summed E-state index contributed by atoms with van der Waals surface area (Å²) in [7, 11) is 0. The molecule has 8 heteroatoms. The number of carbonyl (C=O) groups is 1. The molecule has 0 aliphatic rings. The largest absolute Gasteiger partial charge is 0.463 e. The Balaban J connectivity index is 0.000000939. The first-order chi connectivity index (χ1) is 22.3. The van der Waals surface area contributed by atoms with Gasteiger partial charge < -0.3 is 35.0 Å². The van der Waals surface area contributed by atoms with E-state index in [1.54, 1.807) is 6.92 Å². The molecule has 5 atom stereocenters. The van der Waals surface area contributed by atoms with Crippen molar-refractivity contribution in [3.63, 3.8) is 0 Å². The molecule has 0 spiro atoms. The van der Waals surface area contributed by atoms with Gasteiger partial charge in [0.2, 0.25) is 0 Å². The summed E-state index contributed by atoms with van der Waals surface area (Å²) < 4.78 is 10.5. The Bertz CT molecular complexity index is 775. The van der Waals surface area contributed by atoms with Crippen LogP contribution in [0.3, 0.4) is 0 Å². The Hall–Kier alpha value is -1.55. The first-order valence-electron chi connectivity index (χ1n) is 18.3. The molecule has 1 rings (SSSR count). The standard InChI is InChI=1S/C23H40O4.C15H30O4/c1-3-4-5-6-7-11-14-22(26)15-21(20-12-9-8-10-13-20)16-23(17-24)27-18-19(2)25;1-2-3-4-5-6-7-8-9-10-11-15(18)19-13-14(17)12-16/h8-10,12-13,19,21-26H,3-7,11,14-18H2,1-2H3;14,16-17H,2-13H2,1H3. The van der Waals surface area contributed by atoms with Crippen LogP contribution in [0.1, 0.15) is 154 Å². The molecule has 46 heavy (non-hydrogen) atoms. The Morgan fingerprint density at radius 2 is 1.22 bits per heavy atom. The highest BCUT2D eigenvalue weighted by atomic mass is 16.5. The van der Waals surface area contributed by atoms with E-state index < -0.39 is 12.2 Å². The molecule has 270 valence electrons. The lowest BCUT2D eigenvalue weighted by atomic mass is 9.87. The van der Waals surface area contributed by atoms with Crippen LogP contribution in [0.25, 0.3) is 0 Å². The van der Waals surface area contributed by atoms with Crippen molar-refractivity contribution in [2.24, 2.45) is 0 Å². The lowest BCUT2D eigenvalue weighted by Gasteiger charge is -2.25. The van der Waals surface area contributed by atoms with E-state index in [4.69, 9.17) is 19.7 Å². The maximum Gasteiger partial charge on any atom is 0.305 e. The molecule has 0 aromatic heterocycles. The van der Waals surface area contributed by atoms with Crippen LogP contribution in [-0.4, -0.2) is 82.3 Å². The summed E-state index contributed by atoms with van der Waals surface area (Å²) in [6.07, 6.45) is 18.7. The second-order valence-corrected chi connectivity index (χ2v) is 12.9. The maximum atomic E-state index is 11.3. The van der Waals surface area contributed by atoms with E-state index in [1.165, 1.54) is 82.6 Å². The molecule has 0 amide bonds. The molecule has 0 heterocycles. The number of aliphatic hydroxyl groups is 5. The first-order valence-corrected chi connectivity index (χ1v) is 18.3. The van der Waals surface area contributed by atoms with Gasteiger partial charge in [0, 0.05) is 6.42 Å². The normalized spacial score (nSPS) is 14.5. The predicted molar refractivity (Wildman–Crippen MR) is 187 cm³/mol. The number of unbranched alkanes of at least 4 members (excludes halogenated alkanes) is 13. The van der Waals surface area contributed by atoms with Crippen LogP contribution in [-0.2, 0) is 14.3 Å². The molecule has 0 bridgehead atoms. The van der Waals surface area contributed by atoms with E-state index >= 15 is 0 Å². The minimum atomic E-state index is -0.952. The average Bonchev–Trinajstić information content (AvgIpc) is 3.06. The van der Waals surface area contributed by atoms with Gasteiger partial charge in [-0.15, -0.1) is 0 Å². The van der Waals surface area contributed by atoms with Gasteiger partial charge in [0.05, 0.1) is 38.1 Å². The molecule has 0 saturated carbocycles. The van der Waals surface area contributed by atoms with E-state index in [0.29, 0.717) is 19.3 Å². The van der Waals surface area contributed by atoms with Crippen molar-refractivity contribution in [3.8, 4) is 0 Å². The van der Waals surface area contributed by atoms with Gasteiger partial charge in [-0.05, 0) is 44.1 Å². The van der Waals surface area contributed by atoms with Crippen molar-refractivity contribution >= 4 is 5.97 Å². The van der Waals surface area contributed by atoms with Crippen LogP contribution in [0, 0.1) is 0 Å². The zero-order chi connectivity index (χ0) is 34.3. The van der Waals surface area contributed by atoms with Gasteiger partial charge in [0.15, 0.2) is 0 Å². The quantitative estimate of drug-likeness (QED) is 0.0451. The van der Waals surface area contributed by atoms with Gasteiger partial charge in [-0.3, -0.25) is 4.79 Å². The monoisotopic (exact) mass is 655 g/mol. The van der Waals surface area contributed by atoms with E-state index in [1.807, 2.05) is 18.2 Å². The smallest absolute Gasteiger partial charge is 0.305 e. The lowest BCUT2D eigenvalue weighted by Crippen LogP contribution is -2.26. The predicted octanol–water partition coefficient (Wildman–Crippen LogP) is 7.22. The Morgan fingerprint density at radius 3 is 1.74 bits per heavy atom. The Labute approximate surface area is 280 Å². The molecule has 8 nitrogen and oxygen atoms in total. The molecule has 5 N–H and O–H groups in total. The van der Waals surface area contributed by atoms with E-state index in [-0.39, 0.29) is 50.5 Å². The molecular weight excluding hydrogens is 584 g/mol. The summed E-state index contributed by atoms with van der Waals surface area (Å²) in [5.74, 6) is -0.150. The number of esters is 1. The molecule has 0 fully saturated rings. The molecule has 0 saturated heterocycles. The van der Waals surface area contributed by atoms with Crippen LogP contribution in [0.4, 0.5) is 0 Å². The van der Waals surface area contributed by atoms with Crippen LogP contribution < -0.4 is 0 Å². The summed E-state index contributed by atoms with van der Waals surface area (Å²) in [5, 5.41) is 47.2. The molecule has 0 aliphatic carbocycles. The highest BCUT2D eigenvalue weighted by Gasteiger charge is 2.22. The maximum absolute atomic E-state index is 11.3. The van der Waals surface area contributed by atoms with Crippen molar-refractivity contribution in [1.29, 1.82) is 0 Å². The van der Waals surface area contributed by atoms with Crippen molar-refractivity contribution in [2.45, 2.75) is 173 Å². The third-order valence-corrected chi connectivity index (χ3v) is 8.17. The highest BCUT2D eigenvalue weighted by Crippen LogP contribution is 2.29. The average molecular weight is 655 g/mol. The van der Waals surface area contributed by atoms with Gasteiger partial charge in [-0.2, -0.15) is 0 Å². The van der Waals surface area contributed by atoms with Gasteiger partial charge >= 0.3 is 5.97 Å². The lowest BCUT2D eigenvalue weighted by molar-refractivity contribution is -0.147. The minimum Gasteiger partial charge on any atom is -0.463 e. The SMILES string of the molecule is CCCCCCCCC(O)CC(CC(CO)OCC(C)O)c1ccccc1.CCCCCCCCCCCC(=O)OCC(O)CO. The summed E-state index contributed by atoms with van der Waals surface area (Å²) in [6.45, 7) is 5.78. The summed E-state index contributed by atoms with van der Waals surface area (Å²) in [6, 6.07) is 10.2. The van der Waals surface area contributed by atoms with Gasteiger partial charge in [0.1, 0.15) is 12.7 Å². The van der Waals surface area contributed by atoms with Crippen LogP contribution in [0.2, 0.25) is 0 Å². The number of carbonyl (C=O) groups excluding carboxylic acids is 1. The number of aliphatic hydroxyl groups excluding tert-OH is 5. The highest BCUT2D eigenvalue weighted by molar-refractivity contribution is 5.69. The summed E-state index contributed by atoms with van der Waals surface area (Å²) >= 11 is 0. The van der Waals surface area contributed by atoms with Gasteiger partial charge in [0.25, 0.3) is 0 Å². The van der Waals surface area contributed by atoms with Crippen LogP contribution >= 0.6 is 0 Å². The number of ether oxygens (including phenoxy) is 2. The molecular formula is C38H70O8. The topological polar surface area (TPSA) is 137 Å². The zero-order valence-corrected chi connectivity index (χ0v) is 29.5. The van der Waals surface area contributed by atoms with Crippen molar-refractivity contribution < 1.29 is 39.8 Å². The Morgan fingerprint density at radius 1 is 0.674 bits per heavy atom. The van der Waals surface area contributed by atoms with E-state index in [0.717, 1.165) is 25.7 Å². The van der Waals surface area contributed by atoms with Crippen LogP contribution in [0.15, 0.2) is 30.3 Å². The summed E-state index contributed by atoms with van der Waals surface area (Å²) in [4.78, 5) is 11.3. The van der Waals surface area contributed by atoms with E-state index in [2.05, 4.69) is 26.0 Å². The fourth-order valence-corrected chi connectivity index (χ4v) is 5.38. The molecule has 5 unspecified atom stereocenters. The number of hydrogen-bond donors (Lipinski definition) is 5. The number of benzene rings is 1. The fraction of sp³-hybridized carbons (Fsp3) is 0.816. The molecule has 0 radical (unpaired) electrons. The van der Waals surface area contributed by atoms with Crippen LogP contribution in [0.5, 0.6) is 0 Å². The number of rotatable bonds is 29. The van der Waals surface area contributed by atoms with Gasteiger partial charge in [-0.25, -0.2) is 0 Å². The molecule has 0 aliphatic heterocycles. The molecule has 1 aromatic rings. The van der Waals surface area contributed by atoms with E-state index in [9.17, 15) is 20.1 Å². The number of hydrogen-bond acceptors (Lipinski definition) is 8. The fourth-order valence-electron chi connectivity index (χ4n) is 5.38. The molecule has 1 aromatic carbocycles. The van der Waals surface area contributed by atoms with Crippen molar-refractivity contribution in [2.75, 3.05) is 26.4 Å².